The number of hydrogen-bond donors (Lipinski definition) is 0. The molecule has 8 nitrogen and oxygen atoms in total. The van der Waals surface area contributed by atoms with Gasteiger partial charge in [-0.1, -0.05) is 24.3 Å². The van der Waals surface area contributed by atoms with Gasteiger partial charge in [0.1, 0.15) is 23.0 Å². The lowest BCUT2D eigenvalue weighted by Gasteiger charge is -2.31. The van der Waals surface area contributed by atoms with E-state index >= 15 is 0 Å². The summed E-state index contributed by atoms with van der Waals surface area (Å²) in [5, 5.41) is 0. The first-order valence-electron chi connectivity index (χ1n) is 15.0. The van der Waals surface area contributed by atoms with Crippen LogP contribution in [0, 0.1) is 0 Å². The van der Waals surface area contributed by atoms with Crippen LogP contribution in [0.5, 0.6) is 23.0 Å². The van der Waals surface area contributed by atoms with Gasteiger partial charge in [0, 0.05) is 0 Å². The van der Waals surface area contributed by atoms with Gasteiger partial charge in [-0.05, 0) is 83.9 Å². The van der Waals surface area contributed by atoms with Crippen LogP contribution >= 0.6 is 0 Å². The van der Waals surface area contributed by atoms with Crippen LogP contribution in [0.3, 0.4) is 0 Å². The Bertz CT molecular complexity index is 1580. The highest BCUT2D eigenvalue weighted by atomic mass is 19.5. The molecule has 14 heteroatoms. The molecular weight excluding hydrogens is 634 g/mol. The van der Waals surface area contributed by atoms with Crippen molar-refractivity contribution in [3.05, 3.63) is 119 Å². The first-order chi connectivity index (χ1) is 23.0. The maximum absolute atomic E-state index is 9.75. The number of rotatable bonds is 8. The number of carbonyl (C=O) groups excluding carboxylic acids is 2. The lowest BCUT2D eigenvalue weighted by atomic mass is 9.89. The van der Waals surface area contributed by atoms with E-state index < -0.39 is 26.4 Å². The van der Waals surface area contributed by atoms with Gasteiger partial charge in [0.25, 0.3) is 11.6 Å². The van der Waals surface area contributed by atoms with Gasteiger partial charge in [0.15, 0.2) is 0 Å². The Labute approximate surface area is 275 Å². The van der Waals surface area contributed by atoms with Crippen LogP contribution in [0.4, 0.5) is 17.3 Å². The Morgan fingerprint density at radius 1 is 0.521 bits per heavy atom. The fourth-order valence-corrected chi connectivity index (χ4v) is 5.40. The summed E-state index contributed by atoms with van der Waals surface area (Å²) in [4.78, 5) is 0. The van der Waals surface area contributed by atoms with E-state index in [1.807, 2.05) is 97.1 Å². The van der Waals surface area contributed by atoms with E-state index in [1.54, 1.807) is 28.4 Å². The summed E-state index contributed by atoms with van der Waals surface area (Å²) in [5.41, 5.74) is 3.66. The number of halogens is 4. The van der Waals surface area contributed by atoms with Gasteiger partial charge in [-0.25, -0.2) is 0 Å². The van der Waals surface area contributed by atoms with Crippen molar-refractivity contribution >= 4 is 25.8 Å². The molecule has 2 heterocycles. The summed E-state index contributed by atoms with van der Waals surface area (Å²) in [6.07, 6.45) is 0.117. The van der Waals surface area contributed by atoms with Crippen LogP contribution in [-0.4, -0.2) is 54.2 Å². The second-order valence-corrected chi connectivity index (χ2v) is 10.8. The van der Waals surface area contributed by atoms with Gasteiger partial charge < -0.3 is 54.2 Å². The normalized spacial score (nSPS) is 20.5. The molecular formula is C34H34B2F4O8. The maximum Gasteiger partial charge on any atom is 1.16 e. The molecule has 2 aliphatic heterocycles. The predicted molar refractivity (Wildman–Crippen MR) is 173 cm³/mol. The second kappa shape index (κ2) is 15.0. The first-order valence-corrected chi connectivity index (χ1v) is 15.0. The van der Waals surface area contributed by atoms with Crippen molar-refractivity contribution in [2.75, 3.05) is 28.4 Å². The summed E-state index contributed by atoms with van der Waals surface area (Å²) < 4.78 is 87.2. The van der Waals surface area contributed by atoms with Crippen LogP contribution in [0.1, 0.15) is 56.0 Å². The molecule has 252 valence electrons. The largest absolute Gasteiger partial charge is 1.16 e. The fourth-order valence-electron chi connectivity index (χ4n) is 5.40. The molecule has 4 aromatic rings. The van der Waals surface area contributed by atoms with E-state index in [1.165, 1.54) is 0 Å². The molecule has 0 aromatic heterocycles. The van der Waals surface area contributed by atoms with E-state index in [-0.39, 0.29) is 0 Å². The molecule has 0 bridgehead atoms. The molecule has 0 saturated carbocycles. The third kappa shape index (κ3) is 8.75. The fraction of sp³-hybridized carbons (Fsp3) is 0.235. The number of hydrogen-bond acceptors (Lipinski definition) is 6. The molecule has 6 rings (SSSR count). The minimum atomic E-state index is -6.00. The van der Waals surface area contributed by atoms with E-state index in [2.05, 4.69) is 0 Å². The van der Waals surface area contributed by atoms with Crippen molar-refractivity contribution in [2.24, 2.45) is 0 Å². The van der Waals surface area contributed by atoms with Crippen molar-refractivity contribution < 1.29 is 54.2 Å². The molecule has 4 aromatic carbocycles. The van der Waals surface area contributed by atoms with Crippen molar-refractivity contribution in [3.63, 3.8) is 0 Å². The molecule has 0 N–H and O–H groups in total. The van der Waals surface area contributed by atoms with Gasteiger partial charge in [-0.3, -0.25) is 0 Å². The summed E-state index contributed by atoms with van der Waals surface area (Å²) in [5.74, 6) is 4.41. The quantitative estimate of drug-likeness (QED) is 0.108. The minimum Gasteiger partial charge on any atom is -0.497 e. The summed E-state index contributed by atoms with van der Waals surface area (Å²) in [6.45, 7) is -2.75. The van der Waals surface area contributed by atoms with Crippen molar-refractivity contribution in [3.8, 4) is 23.0 Å². The van der Waals surface area contributed by atoms with Gasteiger partial charge in [-0.2, -0.15) is 0 Å². The van der Waals surface area contributed by atoms with Crippen LogP contribution in [-0.2, 0) is 9.31 Å². The lowest BCUT2D eigenvalue weighted by molar-refractivity contribution is -0.380. The number of ketones is 2. The molecule has 0 aliphatic carbocycles. The molecule has 2 atom stereocenters. The van der Waals surface area contributed by atoms with E-state index in [4.69, 9.17) is 36.9 Å². The van der Waals surface area contributed by atoms with Crippen LogP contribution < -0.4 is 18.9 Å². The highest BCUT2D eigenvalue weighted by Crippen LogP contribution is 2.41. The minimum absolute atomic E-state index is 0.413. The Hall–Kier alpha value is -4.81. The summed E-state index contributed by atoms with van der Waals surface area (Å²) in [7, 11) is 0.579. The Morgan fingerprint density at radius 3 is 1.06 bits per heavy atom. The third-order valence-electron chi connectivity index (χ3n) is 7.78. The Kier molecular flexibility index (Phi) is 10.8. The zero-order chi connectivity index (χ0) is 34.3. The third-order valence-corrected chi connectivity index (χ3v) is 7.78. The average molecular weight is 668 g/mol. The number of methoxy groups -OCH3 is 4. The SMILES string of the molecule is COc1ccc(C2=[O+][B-]3(OC(c4ccc(OC)cc4)C2)OC(c2ccc(OC)cc2)CC(c2ccc(OC)cc2)=[O+]3)cc1.F[B-](F)(F)F. The van der Waals surface area contributed by atoms with Crippen molar-refractivity contribution in [1.29, 1.82) is 0 Å². The second-order valence-electron chi connectivity index (χ2n) is 10.8. The van der Waals surface area contributed by atoms with Crippen LogP contribution in [0.15, 0.2) is 97.1 Å². The van der Waals surface area contributed by atoms with Crippen molar-refractivity contribution in [2.45, 2.75) is 25.0 Å². The van der Waals surface area contributed by atoms with E-state index in [0.29, 0.717) is 24.4 Å². The predicted octanol–water partition coefficient (Wildman–Crippen LogP) is 7.92. The number of ether oxygens (including phenoxy) is 4. The molecule has 48 heavy (non-hydrogen) atoms. The zero-order valence-electron chi connectivity index (χ0n) is 26.7. The first kappa shape index (κ1) is 34.5. The molecule has 0 fully saturated rings. The smallest absolute Gasteiger partial charge is 0.497 e. The number of benzene rings is 4. The summed E-state index contributed by atoms with van der Waals surface area (Å²) >= 11 is 0. The topological polar surface area (TPSA) is 78.0 Å². The molecule has 2 aliphatic rings. The van der Waals surface area contributed by atoms with E-state index in [0.717, 1.165) is 45.3 Å². The molecule has 0 saturated heterocycles. The monoisotopic (exact) mass is 668 g/mol. The zero-order valence-corrected chi connectivity index (χ0v) is 26.7. The average Bonchev–Trinajstić information content (AvgIpc) is 3.10. The molecule has 0 radical (unpaired) electrons. The molecule has 2 unspecified atom stereocenters. The molecule has 0 amide bonds. The highest BCUT2D eigenvalue weighted by molar-refractivity contribution is 6.51. The van der Waals surface area contributed by atoms with Gasteiger partial charge in [-0.15, -0.1) is 0 Å². The van der Waals surface area contributed by atoms with Gasteiger partial charge in [0.05, 0.1) is 64.6 Å². The van der Waals surface area contributed by atoms with Gasteiger partial charge >= 0.3 is 14.2 Å². The van der Waals surface area contributed by atoms with Crippen molar-refractivity contribution in [1.82, 2.24) is 0 Å². The Balaban J connectivity index is 0.000000840. The molecule has 1 spiro atoms. The van der Waals surface area contributed by atoms with Crippen LogP contribution in [0.2, 0.25) is 0 Å². The lowest BCUT2D eigenvalue weighted by Crippen LogP contribution is -2.50. The van der Waals surface area contributed by atoms with Gasteiger partial charge in [0.2, 0.25) is 0 Å². The Morgan fingerprint density at radius 2 is 0.792 bits per heavy atom. The highest BCUT2D eigenvalue weighted by Gasteiger charge is 2.74. The van der Waals surface area contributed by atoms with E-state index in [9.17, 15) is 17.3 Å². The van der Waals surface area contributed by atoms with Crippen LogP contribution in [0.25, 0.3) is 0 Å². The summed E-state index contributed by atoms with van der Waals surface area (Å²) in [6, 6.07) is 31.1. The standard InChI is InChI=1S/C34H34BO8.BF4/c1-36-27-13-5-23(6-14-27)31-21-32(24-7-15-28(37-2)16-8-24)41-35(40-31)42-33(25-9-17-29(38-3)18-10-25)22-34(43-35)26-11-19-30(39-4)20-12-26;2-1(3,4)5/h5-20,31,33H,21-22H2,1-4H3;/q+1;-1. The maximum atomic E-state index is 9.75.